The quantitative estimate of drug-likeness (QED) is 0.180. The van der Waals surface area contributed by atoms with E-state index in [1.807, 2.05) is 60.7 Å². The van der Waals surface area contributed by atoms with Gasteiger partial charge >= 0.3 is 0 Å². The smallest absolute Gasteiger partial charge is 0.160 e. The minimum Gasteiger partial charge on any atom is -0.455 e. The SMILES string of the molecule is c1ccc(-c2cc(-c3cccc4c3oc3ccccc34)nc(-c3ccc(-c4ccc5oc6c7ccccc7nc(-c7ccccc7)c6c5c4)cc3)n2)cc1. The summed E-state index contributed by atoms with van der Waals surface area (Å²) in [5.74, 6) is 0.646. The Morgan fingerprint density at radius 3 is 1.81 bits per heavy atom. The third-order valence-electron chi connectivity index (χ3n) is 10.3. The predicted octanol–water partition coefficient (Wildman–Crippen LogP) is 13.2. The van der Waals surface area contributed by atoms with Crippen molar-refractivity contribution in [2.75, 3.05) is 0 Å². The van der Waals surface area contributed by atoms with E-state index in [4.69, 9.17) is 23.8 Å². The van der Waals surface area contributed by atoms with Crippen molar-refractivity contribution in [1.82, 2.24) is 15.0 Å². The fourth-order valence-corrected chi connectivity index (χ4v) is 7.68. The average molecular weight is 692 g/mol. The summed E-state index contributed by atoms with van der Waals surface area (Å²) < 4.78 is 13.0. The van der Waals surface area contributed by atoms with Crippen LogP contribution in [0.25, 0.3) is 111 Å². The second kappa shape index (κ2) is 12.1. The van der Waals surface area contributed by atoms with Crippen LogP contribution < -0.4 is 0 Å². The number of aromatic nitrogens is 3. The van der Waals surface area contributed by atoms with Crippen molar-refractivity contribution in [1.29, 1.82) is 0 Å². The summed E-state index contributed by atoms with van der Waals surface area (Å²) in [4.78, 5) is 15.4. The number of rotatable bonds is 5. The Kier molecular flexibility index (Phi) is 6.79. The van der Waals surface area contributed by atoms with Gasteiger partial charge in [0.1, 0.15) is 22.3 Å². The van der Waals surface area contributed by atoms with Gasteiger partial charge in [-0.25, -0.2) is 15.0 Å². The molecule has 11 aromatic rings. The largest absolute Gasteiger partial charge is 0.455 e. The van der Waals surface area contributed by atoms with Crippen LogP contribution in [0.1, 0.15) is 0 Å². The highest BCUT2D eigenvalue weighted by atomic mass is 16.3. The lowest BCUT2D eigenvalue weighted by Crippen LogP contribution is -1.96. The molecule has 0 amide bonds. The van der Waals surface area contributed by atoms with Crippen molar-refractivity contribution >= 4 is 54.8 Å². The Hall–Kier alpha value is -7.37. The Bertz CT molecular complexity index is 3200. The Balaban J connectivity index is 1.04. The topological polar surface area (TPSA) is 65.0 Å². The molecule has 0 bridgehead atoms. The molecule has 0 atom stereocenters. The molecule has 0 aliphatic rings. The summed E-state index contributed by atoms with van der Waals surface area (Å²) in [6.45, 7) is 0. The van der Waals surface area contributed by atoms with Gasteiger partial charge < -0.3 is 8.83 Å². The van der Waals surface area contributed by atoms with E-state index in [1.54, 1.807) is 0 Å². The van der Waals surface area contributed by atoms with Crippen LogP contribution in [0.3, 0.4) is 0 Å². The third-order valence-corrected chi connectivity index (χ3v) is 10.3. The van der Waals surface area contributed by atoms with E-state index in [0.717, 1.165) is 105 Å². The van der Waals surface area contributed by atoms with Gasteiger partial charge in [0.05, 0.1) is 28.0 Å². The van der Waals surface area contributed by atoms with E-state index in [-0.39, 0.29) is 0 Å². The second-order valence-corrected chi connectivity index (χ2v) is 13.5. The minimum atomic E-state index is 0.646. The summed E-state index contributed by atoms with van der Waals surface area (Å²) in [6.07, 6.45) is 0. The zero-order chi connectivity index (χ0) is 35.6. The average Bonchev–Trinajstić information content (AvgIpc) is 3.83. The lowest BCUT2D eigenvalue weighted by atomic mass is 9.98. The van der Waals surface area contributed by atoms with Gasteiger partial charge in [0.25, 0.3) is 0 Å². The first kappa shape index (κ1) is 30.3. The van der Waals surface area contributed by atoms with Gasteiger partial charge in [0, 0.05) is 43.8 Å². The van der Waals surface area contributed by atoms with Crippen LogP contribution in [0, 0.1) is 0 Å². The molecular weight excluding hydrogens is 663 g/mol. The second-order valence-electron chi connectivity index (χ2n) is 13.5. The number of hydrogen-bond donors (Lipinski definition) is 0. The molecule has 0 aliphatic carbocycles. The minimum absolute atomic E-state index is 0.646. The maximum atomic E-state index is 6.57. The molecule has 5 nitrogen and oxygen atoms in total. The van der Waals surface area contributed by atoms with Crippen LogP contribution in [0.2, 0.25) is 0 Å². The first-order valence-electron chi connectivity index (χ1n) is 18.0. The fourth-order valence-electron chi connectivity index (χ4n) is 7.68. The van der Waals surface area contributed by atoms with Crippen LogP contribution in [0.15, 0.2) is 185 Å². The van der Waals surface area contributed by atoms with E-state index in [2.05, 4.69) is 115 Å². The highest BCUT2D eigenvalue weighted by Gasteiger charge is 2.19. The number of benzene rings is 7. The number of para-hydroxylation sites is 3. The molecule has 0 unspecified atom stereocenters. The molecule has 252 valence electrons. The van der Waals surface area contributed by atoms with E-state index >= 15 is 0 Å². The molecule has 5 heteroatoms. The lowest BCUT2D eigenvalue weighted by molar-refractivity contribution is 0.670. The van der Waals surface area contributed by atoms with Crippen LogP contribution in [0.4, 0.5) is 0 Å². The monoisotopic (exact) mass is 691 g/mol. The summed E-state index contributed by atoms with van der Waals surface area (Å²) in [6, 6.07) is 60.1. The molecule has 0 N–H and O–H groups in total. The maximum Gasteiger partial charge on any atom is 0.160 e. The number of nitrogens with zero attached hydrogens (tertiary/aromatic N) is 3. The number of fused-ring (bicyclic) bond motifs is 8. The number of hydrogen-bond acceptors (Lipinski definition) is 5. The summed E-state index contributed by atoms with van der Waals surface area (Å²) in [7, 11) is 0. The van der Waals surface area contributed by atoms with Gasteiger partial charge in [0.15, 0.2) is 5.82 Å². The Morgan fingerprint density at radius 1 is 0.352 bits per heavy atom. The molecule has 0 aliphatic heterocycles. The van der Waals surface area contributed by atoms with Crippen LogP contribution >= 0.6 is 0 Å². The molecule has 4 heterocycles. The van der Waals surface area contributed by atoms with Crippen LogP contribution in [-0.2, 0) is 0 Å². The Labute approximate surface area is 309 Å². The van der Waals surface area contributed by atoms with Crippen molar-refractivity contribution in [2.45, 2.75) is 0 Å². The molecule has 0 saturated heterocycles. The fraction of sp³-hybridized carbons (Fsp3) is 0. The highest BCUT2D eigenvalue weighted by molar-refractivity contribution is 6.19. The molecule has 7 aromatic carbocycles. The predicted molar refractivity (Wildman–Crippen MR) is 219 cm³/mol. The van der Waals surface area contributed by atoms with Gasteiger partial charge in [-0.3, -0.25) is 0 Å². The Morgan fingerprint density at radius 2 is 0.981 bits per heavy atom. The first-order chi connectivity index (χ1) is 26.7. The first-order valence-corrected chi connectivity index (χ1v) is 18.0. The summed E-state index contributed by atoms with van der Waals surface area (Å²) in [5, 5.41) is 5.21. The third kappa shape index (κ3) is 4.90. The molecule has 0 radical (unpaired) electrons. The van der Waals surface area contributed by atoms with Crippen molar-refractivity contribution in [2.24, 2.45) is 0 Å². The van der Waals surface area contributed by atoms with Crippen LogP contribution in [0.5, 0.6) is 0 Å². The normalized spacial score (nSPS) is 11.7. The van der Waals surface area contributed by atoms with Crippen molar-refractivity contribution < 1.29 is 8.83 Å². The van der Waals surface area contributed by atoms with Crippen molar-refractivity contribution in [3.05, 3.63) is 176 Å². The lowest BCUT2D eigenvalue weighted by Gasteiger charge is -2.10. The molecule has 0 fully saturated rings. The molecule has 11 rings (SSSR count). The maximum absolute atomic E-state index is 6.57. The van der Waals surface area contributed by atoms with Gasteiger partial charge in [-0.2, -0.15) is 0 Å². The van der Waals surface area contributed by atoms with Gasteiger partial charge in [0.2, 0.25) is 0 Å². The molecule has 54 heavy (non-hydrogen) atoms. The zero-order valence-electron chi connectivity index (χ0n) is 28.9. The highest BCUT2D eigenvalue weighted by Crippen LogP contribution is 2.41. The number of pyridine rings is 1. The molecule has 0 spiro atoms. The van der Waals surface area contributed by atoms with Crippen molar-refractivity contribution in [3.8, 4) is 56.3 Å². The van der Waals surface area contributed by atoms with Gasteiger partial charge in [-0.15, -0.1) is 0 Å². The molecular formula is C49H29N3O2. The zero-order valence-corrected chi connectivity index (χ0v) is 28.9. The van der Waals surface area contributed by atoms with Crippen LogP contribution in [-0.4, -0.2) is 15.0 Å². The van der Waals surface area contributed by atoms with E-state index in [9.17, 15) is 0 Å². The van der Waals surface area contributed by atoms with Crippen molar-refractivity contribution in [3.63, 3.8) is 0 Å². The van der Waals surface area contributed by atoms with Gasteiger partial charge in [-0.05, 0) is 53.6 Å². The molecule has 4 aromatic heterocycles. The summed E-state index contributed by atoms with van der Waals surface area (Å²) in [5.41, 5.74) is 12.9. The van der Waals surface area contributed by atoms with E-state index in [0.29, 0.717) is 5.82 Å². The van der Waals surface area contributed by atoms with E-state index in [1.165, 1.54) is 0 Å². The summed E-state index contributed by atoms with van der Waals surface area (Å²) >= 11 is 0. The molecule has 0 saturated carbocycles. The number of furan rings is 2. The van der Waals surface area contributed by atoms with E-state index < -0.39 is 0 Å². The standard InChI is InChI=1S/C49H29N3O2/c1-3-12-31(13-4-1)41-29-42(38-19-11-18-36-35-16-8-10-21-43(35)53-47(36)38)52-49(51-41)33-24-22-30(23-25-33)34-26-27-44-39(28-34)45-46(32-14-5-2-6-15-32)50-40-20-9-7-17-37(40)48(45)54-44/h1-29H. The van der Waals surface area contributed by atoms with Gasteiger partial charge in [-0.1, -0.05) is 133 Å².